The molecule has 0 amide bonds. The largest absolute Gasteiger partial charge is 0.271 e. The Morgan fingerprint density at radius 2 is 1.89 bits per heavy atom. The van der Waals surface area contributed by atoms with Gasteiger partial charge in [-0.15, -0.1) is 0 Å². The number of nitrogens with two attached hydrogens (primary N) is 1. The van der Waals surface area contributed by atoms with Crippen molar-refractivity contribution in [3.05, 3.63) is 67.2 Å². The Balaban J connectivity index is 2.30. The minimum Gasteiger partial charge on any atom is -0.271 e. The van der Waals surface area contributed by atoms with Gasteiger partial charge in [-0.3, -0.25) is 11.3 Å². The second-order valence-corrected chi connectivity index (χ2v) is 6.19. The van der Waals surface area contributed by atoms with Gasteiger partial charge >= 0.3 is 0 Å². The summed E-state index contributed by atoms with van der Waals surface area (Å²) in [6, 6.07) is 13.5. The molecule has 0 aromatic heterocycles. The zero-order valence-corrected chi connectivity index (χ0v) is 13.7. The fourth-order valence-electron chi connectivity index (χ4n) is 1.92. The topological polar surface area (TPSA) is 38.0 Å². The molecule has 3 N–H and O–H groups in total. The van der Waals surface area contributed by atoms with Gasteiger partial charge in [-0.25, -0.2) is 0 Å². The van der Waals surface area contributed by atoms with Gasteiger partial charge in [-0.1, -0.05) is 41.4 Å². The average molecular weight is 407 g/mol. The van der Waals surface area contributed by atoms with Crippen LogP contribution in [0.25, 0.3) is 0 Å². The molecule has 0 aliphatic heterocycles. The first-order valence-corrected chi connectivity index (χ1v) is 7.59. The van der Waals surface area contributed by atoms with Crippen LogP contribution >= 0.6 is 45.8 Å². The number of rotatable bonds is 4. The van der Waals surface area contributed by atoms with E-state index in [2.05, 4.69) is 28.0 Å². The van der Waals surface area contributed by atoms with Gasteiger partial charge in [0, 0.05) is 13.6 Å². The molecular weight excluding hydrogens is 394 g/mol. The summed E-state index contributed by atoms with van der Waals surface area (Å²) in [6.45, 7) is 0. The summed E-state index contributed by atoms with van der Waals surface area (Å²) in [5, 5.41) is 1.45. The Bertz CT molecular complexity index is 575. The van der Waals surface area contributed by atoms with Crippen molar-refractivity contribution < 1.29 is 0 Å². The van der Waals surface area contributed by atoms with Crippen LogP contribution in [-0.4, -0.2) is 0 Å². The monoisotopic (exact) mass is 406 g/mol. The first-order chi connectivity index (χ1) is 9.11. The lowest BCUT2D eigenvalue weighted by Crippen LogP contribution is -2.30. The molecule has 2 rings (SSSR count). The number of nitrogens with one attached hydrogen (secondary N) is 1. The summed E-state index contributed by atoms with van der Waals surface area (Å²) < 4.78 is 1.12. The van der Waals surface area contributed by atoms with Crippen molar-refractivity contribution in [1.29, 1.82) is 0 Å². The average Bonchev–Trinajstić information content (AvgIpc) is 2.41. The fraction of sp³-hybridized carbons (Fsp3) is 0.143. The first kappa shape index (κ1) is 15.1. The van der Waals surface area contributed by atoms with Gasteiger partial charge in [0.05, 0.1) is 6.04 Å². The highest BCUT2D eigenvalue weighted by Gasteiger charge is 2.15. The highest BCUT2D eigenvalue weighted by Crippen LogP contribution is 2.28. The van der Waals surface area contributed by atoms with Crippen LogP contribution in [0.5, 0.6) is 0 Å². The molecule has 2 aromatic rings. The lowest BCUT2D eigenvalue weighted by atomic mass is 9.99. The third kappa shape index (κ3) is 3.83. The predicted octanol–water partition coefficient (Wildman–Crippen LogP) is 4.35. The van der Waals surface area contributed by atoms with Crippen molar-refractivity contribution in [1.82, 2.24) is 5.43 Å². The molecule has 0 heterocycles. The maximum Gasteiger partial charge on any atom is 0.0511 e. The molecule has 0 saturated carbocycles. The molecule has 0 spiro atoms. The van der Waals surface area contributed by atoms with E-state index in [1.807, 2.05) is 42.5 Å². The predicted molar refractivity (Wildman–Crippen MR) is 89.4 cm³/mol. The summed E-state index contributed by atoms with van der Waals surface area (Å²) >= 11 is 14.5. The van der Waals surface area contributed by atoms with Crippen molar-refractivity contribution in [3.63, 3.8) is 0 Å². The second kappa shape index (κ2) is 6.90. The number of halogens is 3. The van der Waals surface area contributed by atoms with Crippen LogP contribution in [-0.2, 0) is 6.42 Å². The highest BCUT2D eigenvalue weighted by molar-refractivity contribution is 14.1. The maximum atomic E-state index is 6.19. The van der Waals surface area contributed by atoms with Gasteiger partial charge in [-0.2, -0.15) is 0 Å². The first-order valence-electron chi connectivity index (χ1n) is 5.76. The number of hydrazine groups is 1. The fourth-order valence-corrected chi connectivity index (χ4v) is 3.03. The summed E-state index contributed by atoms with van der Waals surface area (Å²) in [6.07, 6.45) is 0.715. The maximum absolute atomic E-state index is 6.19. The van der Waals surface area contributed by atoms with E-state index in [4.69, 9.17) is 29.0 Å². The molecule has 2 nitrogen and oxygen atoms in total. The molecule has 100 valence electrons. The van der Waals surface area contributed by atoms with Gasteiger partial charge in [0.25, 0.3) is 0 Å². The van der Waals surface area contributed by atoms with Crippen molar-refractivity contribution in [3.8, 4) is 0 Å². The van der Waals surface area contributed by atoms with Crippen molar-refractivity contribution in [2.75, 3.05) is 0 Å². The summed E-state index contributed by atoms with van der Waals surface area (Å²) in [7, 11) is 0. The van der Waals surface area contributed by atoms with Crippen LogP contribution in [0.15, 0.2) is 42.5 Å². The third-order valence-electron chi connectivity index (χ3n) is 2.92. The molecule has 2 aromatic carbocycles. The zero-order valence-electron chi connectivity index (χ0n) is 10.0. The van der Waals surface area contributed by atoms with Gasteiger partial charge in [-0.05, 0) is 64.4 Å². The lowest BCUT2D eigenvalue weighted by molar-refractivity contribution is 0.550. The van der Waals surface area contributed by atoms with Gasteiger partial charge in [0.1, 0.15) is 0 Å². The minimum atomic E-state index is -0.0227. The molecule has 19 heavy (non-hydrogen) atoms. The SMILES string of the molecule is NNC(Cc1ccccc1Cl)c1cc(Cl)ccc1I. The van der Waals surface area contributed by atoms with E-state index in [-0.39, 0.29) is 6.04 Å². The van der Waals surface area contributed by atoms with E-state index in [9.17, 15) is 0 Å². The van der Waals surface area contributed by atoms with Gasteiger partial charge in [0.2, 0.25) is 0 Å². The molecule has 1 unspecified atom stereocenters. The molecule has 0 aliphatic carbocycles. The van der Waals surface area contributed by atoms with Gasteiger partial charge in [0.15, 0.2) is 0 Å². The van der Waals surface area contributed by atoms with E-state index in [0.29, 0.717) is 11.4 Å². The van der Waals surface area contributed by atoms with Crippen LogP contribution in [0, 0.1) is 3.57 Å². The van der Waals surface area contributed by atoms with E-state index in [1.54, 1.807) is 0 Å². The summed E-state index contributed by atoms with van der Waals surface area (Å²) in [5.74, 6) is 5.68. The van der Waals surface area contributed by atoms with Crippen molar-refractivity contribution >= 4 is 45.8 Å². The Labute approximate surface area is 136 Å². The number of hydrogen-bond donors (Lipinski definition) is 2. The molecule has 5 heteroatoms. The smallest absolute Gasteiger partial charge is 0.0511 e. The van der Waals surface area contributed by atoms with Crippen molar-refractivity contribution in [2.24, 2.45) is 5.84 Å². The van der Waals surface area contributed by atoms with E-state index in [0.717, 1.165) is 19.7 Å². The van der Waals surface area contributed by atoms with Gasteiger partial charge < -0.3 is 0 Å². The van der Waals surface area contributed by atoms with E-state index >= 15 is 0 Å². The lowest BCUT2D eigenvalue weighted by Gasteiger charge is -2.19. The highest BCUT2D eigenvalue weighted by atomic mass is 127. The Hall–Kier alpha value is -0.330. The Morgan fingerprint density at radius 1 is 1.16 bits per heavy atom. The second-order valence-electron chi connectivity index (χ2n) is 4.18. The minimum absolute atomic E-state index is 0.0227. The van der Waals surface area contributed by atoms with Crippen LogP contribution in [0.3, 0.4) is 0 Å². The number of benzene rings is 2. The molecule has 0 radical (unpaired) electrons. The number of hydrogen-bond acceptors (Lipinski definition) is 2. The normalized spacial score (nSPS) is 12.4. The third-order valence-corrected chi connectivity index (χ3v) is 4.50. The summed E-state index contributed by atoms with van der Waals surface area (Å²) in [5.41, 5.74) is 4.98. The molecule has 0 saturated heterocycles. The molecule has 0 aliphatic rings. The van der Waals surface area contributed by atoms with Crippen LogP contribution in [0.2, 0.25) is 10.0 Å². The van der Waals surface area contributed by atoms with E-state index in [1.165, 1.54) is 0 Å². The van der Waals surface area contributed by atoms with Crippen molar-refractivity contribution in [2.45, 2.75) is 12.5 Å². The Kier molecular flexibility index (Phi) is 5.47. The van der Waals surface area contributed by atoms with Crippen LogP contribution in [0.4, 0.5) is 0 Å². The van der Waals surface area contributed by atoms with E-state index < -0.39 is 0 Å². The molecular formula is C14H13Cl2IN2. The standard InChI is InChI=1S/C14H13Cl2IN2/c15-10-5-6-13(17)11(8-10)14(19-18)7-9-3-1-2-4-12(9)16/h1-6,8,14,19H,7,18H2. The summed E-state index contributed by atoms with van der Waals surface area (Å²) in [4.78, 5) is 0. The van der Waals surface area contributed by atoms with Crippen LogP contribution < -0.4 is 11.3 Å². The molecule has 0 fully saturated rings. The molecule has 1 atom stereocenters. The zero-order chi connectivity index (χ0) is 13.8. The Morgan fingerprint density at radius 3 is 2.58 bits per heavy atom. The quantitative estimate of drug-likeness (QED) is 0.450. The van der Waals surface area contributed by atoms with Crippen LogP contribution in [0.1, 0.15) is 17.2 Å². The molecule has 0 bridgehead atoms.